The smallest absolute Gasteiger partial charge is 0.323 e. The van der Waals surface area contributed by atoms with E-state index in [0.29, 0.717) is 5.56 Å². The molecule has 1 N–H and O–H groups in total. The second kappa shape index (κ2) is 6.28. The van der Waals surface area contributed by atoms with Gasteiger partial charge in [0, 0.05) is 0 Å². The third kappa shape index (κ3) is 4.30. The van der Waals surface area contributed by atoms with Gasteiger partial charge in [-0.15, -0.1) is 0 Å². The van der Waals surface area contributed by atoms with Crippen LogP contribution in [0.4, 0.5) is 0 Å². The van der Waals surface area contributed by atoms with Gasteiger partial charge in [0.05, 0.1) is 11.6 Å². The van der Waals surface area contributed by atoms with Crippen molar-refractivity contribution in [3.63, 3.8) is 0 Å². The molecule has 2 atom stereocenters. The molecule has 0 aliphatic carbocycles. The number of nitriles is 1. The fourth-order valence-corrected chi connectivity index (χ4v) is 2.69. The number of hydrogen-bond donors (Lipinski definition) is 1. The van der Waals surface area contributed by atoms with Gasteiger partial charge in [0.15, 0.2) is 0 Å². The number of nitrogens with zero attached hydrogens (tertiary/aromatic N) is 1. The lowest BCUT2D eigenvalue weighted by Crippen LogP contribution is -2.41. The van der Waals surface area contributed by atoms with Crippen molar-refractivity contribution in [2.45, 2.75) is 45.3 Å². The Balaban J connectivity index is 2.05. The van der Waals surface area contributed by atoms with Crippen molar-refractivity contribution >= 4 is 5.97 Å². The lowest BCUT2D eigenvalue weighted by atomic mass is 9.92. The van der Waals surface area contributed by atoms with E-state index in [1.807, 2.05) is 39.0 Å². The number of carbonyl (C=O) groups excluding carboxylic acids is 1. The summed E-state index contributed by atoms with van der Waals surface area (Å²) in [6, 6.07) is 9.48. The van der Waals surface area contributed by atoms with Crippen molar-refractivity contribution in [1.29, 1.82) is 5.26 Å². The van der Waals surface area contributed by atoms with Crippen LogP contribution in [-0.4, -0.2) is 24.2 Å². The van der Waals surface area contributed by atoms with Gasteiger partial charge in [0.2, 0.25) is 0 Å². The second-order valence-corrected chi connectivity index (χ2v) is 6.53. The Kier molecular flexibility index (Phi) is 4.64. The summed E-state index contributed by atoms with van der Waals surface area (Å²) in [5, 5.41) is 12.2. The van der Waals surface area contributed by atoms with Crippen LogP contribution in [0.5, 0.6) is 0 Å². The van der Waals surface area contributed by atoms with Crippen LogP contribution >= 0.6 is 0 Å². The first kappa shape index (κ1) is 15.5. The van der Waals surface area contributed by atoms with Crippen LogP contribution in [0.15, 0.2) is 24.3 Å². The predicted octanol–water partition coefficient (Wildman–Crippen LogP) is 2.42. The van der Waals surface area contributed by atoms with E-state index in [-0.39, 0.29) is 17.9 Å². The van der Waals surface area contributed by atoms with Gasteiger partial charge in [-0.05, 0) is 63.8 Å². The largest absolute Gasteiger partial charge is 0.459 e. The number of hydrogen-bond acceptors (Lipinski definition) is 4. The minimum absolute atomic E-state index is 0.179. The minimum atomic E-state index is -0.466. The van der Waals surface area contributed by atoms with Crippen LogP contribution in [0.3, 0.4) is 0 Å². The van der Waals surface area contributed by atoms with Crippen LogP contribution in [0, 0.1) is 17.2 Å². The zero-order valence-corrected chi connectivity index (χ0v) is 12.8. The van der Waals surface area contributed by atoms with E-state index in [9.17, 15) is 4.79 Å². The van der Waals surface area contributed by atoms with E-state index in [1.165, 1.54) is 0 Å². The molecule has 2 rings (SSSR count). The third-order valence-electron chi connectivity index (χ3n) is 3.57. The number of rotatable bonds is 3. The summed E-state index contributed by atoms with van der Waals surface area (Å²) < 4.78 is 5.48. The fraction of sp³-hybridized carbons (Fsp3) is 0.529. The number of nitrogens with one attached hydrogen (secondary N) is 1. The SMILES string of the molecule is CC(C)(C)OC(=O)C1NCC[C@H]1Cc1cccc(C#N)c1. The molecule has 0 bridgehead atoms. The van der Waals surface area contributed by atoms with Crippen molar-refractivity contribution in [2.75, 3.05) is 6.54 Å². The molecule has 1 heterocycles. The van der Waals surface area contributed by atoms with E-state index in [2.05, 4.69) is 11.4 Å². The van der Waals surface area contributed by atoms with Crippen molar-refractivity contribution < 1.29 is 9.53 Å². The van der Waals surface area contributed by atoms with Gasteiger partial charge in [0.1, 0.15) is 11.6 Å². The first-order valence-electron chi connectivity index (χ1n) is 7.34. The number of benzene rings is 1. The fourth-order valence-electron chi connectivity index (χ4n) is 2.69. The Bertz CT molecular complexity index is 555. The van der Waals surface area contributed by atoms with Gasteiger partial charge in [-0.2, -0.15) is 5.26 Å². The number of carbonyl (C=O) groups is 1. The summed E-state index contributed by atoms with van der Waals surface area (Å²) in [6.07, 6.45) is 1.73. The van der Waals surface area contributed by atoms with Crippen LogP contribution < -0.4 is 5.32 Å². The first-order chi connectivity index (χ1) is 9.89. The summed E-state index contributed by atoms with van der Waals surface area (Å²) in [7, 11) is 0. The standard InChI is InChI=1S/C17H22N2O2/c1-17(2,3)21-16(20)15-14(7-8-19-15)10-12-5-4-6-13(9-12)11-18/h4-6,9,14-15,19H,7-8,10H2,1-3H3/t14-,15?/m0/s1. The van der Waals surface area contributed by atoms with Gasteiger partial charge >= 0.3 is 5.97 Å². The quantitative estimate of drug-likeness (QED) is 0.867. The van der Waals surface area contributed by atoms with Gasteiger partial charge < -0.3 is 10.1 Å². The van der Waals surface area contributed by atoms with Gasteiger partial charge in [-0.25, -0.2) is 0 Å². The predicted molar refractivity (Wildman–Crippen MR) is 80.6 cm³/mol. The zero-order valence-electron chi connectivity index (χ0n) is 12.8. The molecule has 1 saturated heterocycles. The summed E-state index contributed by atoms with van der Waals surface area (Å²) in [6.45, 7) is 6.47. The molecular formula is C17H22N2O2. The summed E-state index contributed by atoms with van der Waals surface area (Å²) in [4.78, 5) is 12.2. The highest BCUT2D eigenvalue weighted by atomic mass is 16.6. The third-order valence-corrected chi connectivity index (χ3v) is 3.57. The topological polar surface area (TPSA) is 62.1 Å². The van der Waals surface area contributed by atoms with E-state index >= 15 is 0 Å². The molecule has 1 aromatic carbocycles. The average Bonchev–Trinajstić information content (AvgIpc) is 2.85. The molecule has 1 aliphatic heterocycles. The van der Waals surface area contributed by atoms with Gasteiger partial charge in [-0.3, -0.25) is 4.79 Å². The molecular weight excluding hydrogens is 264 g/mol. The first-order valence-corrected chi connectivity index (χ1v) is 7.34. The highest BCUT2D eigenvalue weighted by Gasteiger charge is 2.35. The summed E-state index contributed by atoms with van der Waals surface area (Å²) in [5.41, 5.74) is 1.29. The van der Waals surface area contributed by atoms with Crippen LogP contribution in [0.25, 0.3) is 0 Å². The average molecular weight is 286 g/mol. The Morgan fingerprint density at radius 3 is 2.90 bits per heavy atom. The van der Waals surface area contributed by atoms with Gasteiger partial charge in [-0.1, -0.05) is 12.1 Å². The summed E-state index contributed by atoms with van der Waals surface area (Å²) >= 11 is 0. The van der Waals surface area contributed by atoms with Crippen LogP contribution in [0.2, 0.25) is 0 Å². The maximum atomic E-state index is 12.2. The zero-order chi connectivity index (χ0) is 15.5. The molecule has 1 unspecified atom stereocenters. The van der Waals surface area contributed by atoms with Crippen molar-refractivity contribution in [3.8, 4) is 6.07 Å². The van der Waals surface area contributed by atoms with E-state index in [1.54, 1.807) is 6.07 Å². The molecule has 112 valence electrons. The normalized spacial score (nSPS) is 21.8. The molecule has 0 spiro atoms. The molecule has 0 aromatic heterocycles. The highest BCUT2D eigenvalue weighted by molar-refractivity contribution is 5.77. The molecule has 1 aliphatic rings. The molecule has 0 amide bonds. The minimum Gasteiger partial charge on any atom is -0.459 e. The van der Waals surface area contributed by atoms with Crippen molar-refractivity contribution in [3.05, 3.63) is 35.4 Å². The molecule has 1 aromatic rings. The van der Waals surface area contributed by atoms with Crippen molar-refractivity contribution in [1.82, 2.24) is 5.32 Å². The highest BCUT2D eigenvalue weighted by Crippen LogP contribution is 2.23. The Labute approximate surface area is 126 Å². The number of esters is 1. The molecule has 21 heavy (non-hydrogen) atoms. The number of ether oxygens (including phenoxy) is 1. The van der Waals surface area contributed by atoms with E-state index in [0.717, 1.165) is 24.9 Å². The Morgan fingerprint density at radius 1 is 1.48 bits per heavy atom. The van der Waals surface area contributed by atoms with Crippen LogP contribution in [0.1, 0.15) is 38.3 Å². The summed E-state index contributed by atoms with van der Waals surface area (Å²) in [5.74, 6) is 0.0373. The molecule has 4 nitrogen and oxygen atoms in total. The maximum absolute atomic E-state index is 12.2. The lowest BCUT2D eigenvalue weighted by molar-refractivity contribution is -0.158. The maximum Gasteiger partial charge on any atom is 0.323 e. The molecule has 1 fully saturated rings. The molecule has 0 saturated carbocycles. The van der Waals surface area contributed by atoms with E-state index < -0.39 is 5.60 Å². The molecule has 4 heteroatoms. The monoisotopic (exact) mass is 286 g/mol. The van der Waals surface area contributed by atoms with E-state index in [4.69, 9.17) is 10.00 Å². The lowest BCUT2D eigenvalue weighted by Gasteiger charge is -2.25. The Morgan fingerprint density at radius 2 is 2.24 bits per heavy atom. The molecule has 0 radical (unpaired) electrons. The Hall–Kier alpha value is -1.86. The van der Waals surface area contributed by atoms with Gasteiger partial charge in [0.25, 0.3) is 0 Å². The van der Waals surface area contributed by atoms with Crippen molar-refractivity contribution in [2.24, 2.45) is 5.92 Å². The second-order valence-electron chi connectivity index (χ2n) is 6.53. The van der Waals surface area contributed by atoms with Crippen LogP contribution in [-0.2, 0) is 16.0 Å².